The van der Waals surface area contributed by atoms with Crippen LogP contribution in [0.5, 0.6) is 0 Å². The lowest BCUT2D eigenvalue weighted by atomic mass is 10.2. The number of carbonyl (C=O) groups excluding carboxylic acids is 1. The summed E-state index contributed by atoms with van der Waals surface area (Å²) in [5.41, 5.74) is -0.0746. The Labute approximate surface area is 138 Å². The molecule has 0 saturated carbocycles. The maximum Gasteiger partial charge on any atom is 0.313 e. The summed E-state index contributed by atoms with van der Waals surface area (Å²) >= 11 is 5.84. The molecule has 0 bridgehead atoms. The quantitative estimate of drug-likeness (QED) is 0.721. The normalized spacial score (nSPS) is 10.7. The first kappa shape index (κ1) is 16.0. The van der Waals surface area contributed by atoms with Gasteiger partial charge in [0.15, 0.2) is 17.5 Å². The van der Waals surface area contributed by atoms with Crippen molar-refractivity contribution in [3.63, 3.8) is 0 Å². The van der Waals surface area contributed by atoms with Crippen molar-refractivity contribution < 1.29 is 22.4 Å². The molecule has 5 nitrogen and oxygen atoms in total. The zero-order valence-electron chi connectivity index (χ0n) is 11.7. The first-order chi connectivity index (χ1) is 11.5. The highest BCUT2D eigenvalue weighted by molar-refractivity contribution is 6.30. The smallest absolute Gasteiger partial charge is 0.313 e. The average Bonchev–Trinajstić information content (AvgIpc) is 3.05. The molecular formula is C15H7ClF3N3O2. The van der Waals surface area contributed by atoms with E-state index in [9.17, 15) is 18.0 Å². The van der Waals surface area contributed by atoms with Crippen LogP contribution < -0.4 is 5.32 Å². The van der Waals surface area contributed by atoms with Crippen LogP contribution in [0.2, 0.25) is 5.02 Å². The molecule has 1 N–H and O–H groups in total. The van der Waals surface area contributed by atoms with Crippen molar-refractivity contribution in [2.24, 2.45) is 0 Å². The molecule has 0 aliphatic rings. The van der Waals surface area contributed by atoms with Gasteiger partial charge in [0.2, 0.25) is 5.89 Å². The monoisotopic (exact) mass is 353 g/mol. The van der Waals surface area contributed by atoms with Gasteiger partial charge in [0, 0.05) is 10.6 Å². The van der Waals surface area contributed by atoms with Crippen LogP contribution in [-0.4, -0.2) is 16.1 Å². The van der Waals surface area contributed by atoms with E-state index in [2.05, 4.69) is 10.2 Å². The highest BCUT2D eigenvalue weighted by atomic mass is 35.5. The van der Waals surface area contributed by atoms with Gasteiger partial charge in [0.25, 0.3) is 0 Å². The molecule has 9 heteroatoms. The molecule has 0 saturated heterocycles. The van der Waals surface area contributed by atoms with Crippen molar-refractivity contribution in [1.82, 2.24) is 10.2 Å². The van der Waals surface area contributed by atoms with Crippen LogP contribution >= 0.6 is 11.6 Å². The van der Waals surface area contributed by atoms with Crippen molar-refractivity contribution in [1.29, 1.82) is 0 Å². The Morgan fingerprint density at radius 1 is 1.08 bits per heavy atom. The van der Waals surface area contributed by atoms with E-state index in [-0.39, 0.29) is 5.89 Å². The number of hydrogen-bond donors (Lipinski definition) is 1. The zero-order chi connectivity index (χ0) is 17.3. The van der Waals surface area contributed by atoms with Gasteiger partial charge in [-0.2, -0.15) is 0 Å². The lowest BCUT2D eigenvalue weighted by molar-refractivity contribution is 0.0990. The number of aromatic nitrogens is 2. The van der Waals surface area contributed by atoms with Gasteiger partial charge in [-0.25, -0.2) is 13.2 Å². The number of hydrogen-bond acceptors (Lipinski definition) is 4. The molecule has 1 heterocycles. The van der Waals surface area contributed by atoms with Gasteiger partial charge in [-0.05, 0) is 30.3 Å². The predicted molar refractivity (Wildman–Crippen MR) is 79.0 cm³/mol. The minimum absolute atomic E-state index is 0.0217. The second kappa shape index (κ2) is 6.32. The Hall–Kier alpha value is -2.87. The summed E-state index contributed by atoms with van der Waals surface area (Å²) in [6, 6.07) is 8.03. The molecule has 0 radical (unpaired) electrons. The van der Waals surface area contributed by atoms with E-state index >= 15 is 0 Å². The zero-order valence-corrected chi connectivity index (χ0v) is 12.4. The Kier molecular flexibility index (Phi) is 4.22. The van der Waals surface area contributed by atoms with Crippen LogP contribution in [0.25, 0.3) is 11.5 Å². The first-order valence-electron chi connectivity index (χ1n) is 6.50. The third-order valence-corrected chi connectivity index (χ3v) is 3.21. The van der Waals surface area contributed by atoms with Gasteiger partial charge < -0.3 is 9.73 Å². The summed E-state index contributed by atoms with van der Waals surface area (Å²) in [7, 11) is 0. The number of benzene rings is 2. The van der Waals surface area contributed by atoms with Crippen molar-refractivity contribution in [3.05, 3.63) is 64.8 Å². The molecule has 0 atom stereocenters. The molecule has 24 heavy (non-hydrogen) atoms. The van der Waals surface area contributed by atoms with Gasteiger partial charge in [0.1, 0.15) is 0 Å². The Balaban J connectivity index is 1.83. The van der Waals surface area contributed by atoms with E-state index in [4.69, 9.17) is 16.0 Å². The first-order valence-corrected chi connectivity index (χ1v) is 6.88. The second-order valence-corrected chi connectivity index (χ2v) is 5.04. The highest BCUT2D eigenvalue weighted by Crippen LogP contribution is 2.23. The predicted octanol–water partition coefficient (Wildman–Crippen LogP) is 4.06. The summed E-state index contributed by atoms with van der Waals surface area (Å²) in [5, 5.41) is 9.67. The van der Waals surface area contributed by atoms with Crippen LogP contribution in [0, 0.1) is 17.5 Å². The molecular weight excluding hydrogens is 347 g/mol. The van der Waals surface area contributed by atoms with Crippen molar-refractivity contribution >= 4 is 23.2 Å². The van der Waals surface area contributed by atoms with Crippen LogP contribution in [-0.2, 0) is 0 Å². The molecule has 3 rings (SSSR count). The SMILES string of the molecule is O=C(Nc1ccc(F)c(F)c1F)c1nnc(-c2cccc(Cl)c2)o1. The van der Waals surface area contributed by atoms with Crippen LogP contribution in [0.4, 0.5) is 18.9 Å². The number of amides is 1. The largest absolute Gasteiger partial charge is 0.412 e. The average molecular weight is 354 g/mol. The van der Waals surface area contributed by atoms with Gasteiger partial charge in [-0.15, -0.1) is 10.2 Å². The summed E-state index contributed by atoms with van der Waals surface area (Å²) in [5.74, 6) is -6.02. The molecule has 3 aromatic rings. The second-order valence-electron chi connectivity index (χ2n) is 4.60. The number of carbonyl (C=O) groups is 1. The Bertz CT molecular complexity index is 930. The van der Waals surface area contributed by atoms with Crippen molar-refractivity contribution in [2.45, 2.75) is 0 Å². The summed E-state index contributed by atoms with van der Waals surface area (Å²) in [6.07, 6.45) is 0. The minimum atomic E-state index is -1.70. The topological polar surface area (TPSA) is 68.0 Å². The van der Waals surface area contributed by atoms with Gasteiger partial charge in [-0.1, -0.05) is 17.7 Å². The fourth-order valence-corrected chi connectivity index (χ4v) is 2.04. The number of nitrogens with one attached hydrogen (secondary N) is 1. The van der Waals surface area contributed by atoms with Gasteiger partial charge >= 0.3 is 11.8 Å². The lowest BCUT2D eigenvalue weighted by Gasteiger charge is -2.04. The molecule has 1 aromatic heterocycles. The summed E-state index contributed by atoms with van der Waals surface area (Å²) in [6.45, 7) is 0. The summed E-state index contributed by atoms with van der Waals surface area (Å²) < 4.78 is 44.7. The Morgan fingerprint density at radius 2 is 1.88 bits per heavy atom. The van der Waals surface area contributed by atoms with Crippen molar-refractivity contribution in [3.8, 4) is 11.5 Å². The Morgan fingerprint density at radius 3 is 2.62 bits per heavy atom. The van der Waals surface area contributed by atoms with E-state index in [0.29, 0.717) is 16.7 Å². The van der Waals surface area contributed by atoms with Crippen LogP contribution in [0.1, 0.15) is 10.7 Å². The van der Waals surface area contributed by atoms with E-state index < -0.39 is 34.9 Å². The lowest BCUT2D eigenvalue weighted by Crippen LogP contribution is -2.14. The highest BCUT2D eigenvalue weighted by Gasteiger charge is 2.20. The van der Waals surface area contributed by atoms with Gasteiger partial charge in [0.05, 0.1) is 5.69 Å². The van der Waals surface area contributed by atoms with Crippen LogP contribution in [0.3, 0.4) is 0 Å². The number of halogens is 4. The van der Waals surface area contributed by atoms with E-state index in [1.807, 2.05) is 5.32 Å². The van der Waals surface area contributed by atoms with Crippen molar-refractivity contribution in [2.75, 3.05) is 5.32 Å². The molecule has 2 aromatic carbocycles. The molecule has 0 aliphatic carbocycles. The fraction of sp³-hybridized carbons (Fsp3) is 0. The molecule has 0 unspecified atom stereocenters. The standard InChI is InChI=1S/C15H7ClF3N3O2/c16-8-3-1-2-7(6-8)14-21-22-15(24-14)13(23)20-10-5-4-9(17)11(18)12(10)19/h1-6H,(H,20,23). The molecule has 0 spiro atoms. The number of nitrogens with zero attached hydrogens (tertiary/aromatic N) is 2. The van der Waals surface area contributed by atoms with Crippen LogP contribution in [0.15, 0.2) is 40.8 Å². The number of rotatable bonds is 3. The van der Waals surface area contributed by atoms with Gasteiger partial charge in [-0.3, -0.25) is 4.79 Å². The summed E-state index contributed by atoms with van der Waals surface area (Å²) in [4.78, 5) is 12.0. The van der Waals surface area contributed by atoms with E-state index in [1.54, 1.807) is 24.3 Å². The molecule has 1 amide bonds. The van der Waals surface area contributed by atoms with E-state index in [1.165, 1.54) is 0 Å². The van der Waals surface area contributed by atoms with E-state index in [0.717, 1.165) is 6.07 Å². The maximum absolute atomic E-state index is 13.5. The molecule has 0 fully saturated rings. The fourth-order valence-electron chi connectivity index (χ4n) is 1.85. The molecule has 122 valence electrons. The maximum atomic E-state index is 13.5. The minimum Gasteiger partial charge on any atom is -0.412 e. The number of anilines is 1. The third kappa shape index (κ3) is 3.09. The molecule has 0 aliphatic heterocycles. The third-order valence-electron chi connectivity index (χ3n) is 2.97.